The maximum atomic E-state index is 11.8. The van der Waals surface area contributed by atoms with Gasteiger partial charge in [0, 0.05) is 32.1 Å². The van der Waals surface area contributed by atoms with Gasteiger partial charge in [-0.2, -0.15) is 5.01 Å². The Labute approximate surface area is 161 Å². The highest BCUT2D eigenvalue weighted by molar-refractivity contribution is 7.77. The molecule has 1 fully saturated rings. The first-order chi connectivity index (χ1) is 12.2. The molecule has 146 valence electrons. The molecule has 0 aliphatic carbocycles. The van der Waals surface area contributed by atoms with Crippen LogP contribution in [0.4, 0.5) is 5.88 Å². The molecule has 9 heteroatoms. The first kappa shape index (κ1) is 20.6. The molecule has 1 aliphatic rings. The van der Waals surface area contributed by atoms with Crippen molar-refractivity contribution in [2.75, 3.05) is 37.7 Å². The van der Waals surface area contributed by atoms with Crippen molar-refractivity contribution < 1.29 is 14.1 Å². The zero-order valence-corrected chi connectivity index (χ0v) is 17.2. The quantitative estimate of drug-likeness (QED) is 0.325. The van der Waals surface area contributed by atoms with Crippen LogP contribution in [-0.2, 0) is 17.4 Å². The molecule has 8 nitrogen and oxygen atoms in total. The SMILES string of the molecule is CCNC(=O)CC(C)(C)C([S-])=Nc1c[n+](N2CCN(C(C)C)CC2)no1. The Kier molecular flexibility index (Phi) is 6.94. The zero-order valence-electron chi connectivity index (χ0n) is 16.4. The molecule has 1 aromatic heterocycles. The molecule has 2 heterocycles. The summed E-state index contributed by atoms with van der Waals surface area (Å²) in [6.07, 6.45) is 2.02. The van der Waals surface area contributed by atoms with Crippen molar-refractivity contribution in [3.05, 3.63) is 6.20 Å². The van der Waals surface area contributed by atoms with Crippen molar-refractivity contribution in [2.45, 2.75) is 47.1 Å². The van der Waals surface area contributed by atoms with E-state index in [4.69, 9.17) is 17.2 Å². The Bertz CT molecular complexity index is 635. The van der Waals surface area contributed by atoms with Gasteiger partial charge in [-0.15, -0.1) is 0 Å². The van der Waals surface area contributed by atoms with Gasteiger partial charge in [0.15, 0.2) is 0 Å². The summed E-state index contributed by atoms with van der Waals surface area (Å²) in [4.78, 5) is 20.3. The van der Waals surface area contributed by atoms with Crippen molar-refractivity contribution in [3.8, 4) is 0 Å². The minimum absolute atomic E-state index is 0.0364. The van der Waals surface area contributed by atoms with Gasteiger partial charge >= 0.3 is 5.88 Å². The Morgan fingerprint density at radius 2 is 2.08 bits per heavy atom. The molecule has 26 heavy (non-hydrogen) atoms. The van der Waals surface area contributed by atoms with E-state index in [1.165, 1.54) is 0 Å². The van der Waals surface area contributed by atoms with Crippen molar-refractivity contribution in [2.24, 2.45) is 10.4 Å². The summed E-state index contributed by atoms with van der Waals surface area (Å²) in [5, 5.41) is 9.38. The van der Waals surface area contributed by atoms with Gasteiger partial charge in [-0.3, -0.25) is 14.2 Å². The third kappa shape index (κ3) is 5.38. The number of piperazine rings is 1. The van der Waals surface area contributed by atoms with Crippen molar-refractivity contribution >= 4 is 29.5 Å². The first-order valence-corrected chi connectivity index (χ1v) is 9.54. The summed E-state index contributed by atoms with van der Waals surface area (Å²) in [6, 6.07) is 0.550. The molecule has 0 atom stereocenters. The Hall–Kier alpha value is -1.74. The zero-order chi connectivity index (χ0) is 19.3. The van der Waals surface area contributed by atoms with E-state index in [0.717, 1.165) is 26.2 Å². The lowest BCUT2D eigenvalue weighted by atomic mass is 9.90. The number of amides is 1. The average molecular weight is 383 g/mol. The fourth-order valence-electron chi connectivity index (χ4n) is 2.83. The van der Waals surface area contributed by atoms with E-state index in [2.05, 4.69) is 39.3 Å². The Morgan fingerprint density at radius 1 is 1.42 bits per heavy atom. The van der Waals surface area contributed by atoms with Crippen LogP contribution < -0.4 is 15.1 Å². The smallest absolute Gasteiger partial charge is 0.323 e. The summed E-state index contributed by atoms with van der Waals surface area (Å²) in [5.74, 6) is 0.316. The van der Waals surface area contributed by atoms with Gasteiger partial charge < -0.3 is 17.9 Å². The second kappa shape index (κ2) is 8.77. The number of aliphatic imine (C=N–C) groups is 1. The van der Waals surface area contributed by atoms with Crippen LogP contribution in [0.2, 0.25) is 0 Å². The van der Waals surface area contributed by atoms with Gasteiger partial charge in [0.2, 0.25) is 11.2 Å². The van der Waals surface area contributed by atoms with Crippen LogP contribution in [0, 0.1) is 5.41 Å². The number of carbonyl (C=O) groups is 1. The van der Waals surface area contributed by atoms with Gasteiger partial charge in [0.05, 0.1) is 17.9 Å². The minimum atomic E-state index is -0.533. The summed E-state index contributed by atoms with van der Waals surface area (Å²) in [7, 11) is 0. The number of nitrogens with zero attached hydrogens (tertiary/aromatic N) is 5. The van der Waals surface area contributed by atoms with Crippen LogP contribution in [0.1, 0.15) is 41.0 Å². The van der Waals surface area contributed by atoms with Gasteiger partial charge in [0.1, 0.15) is 0 Å². The van der Waals surface area contributed by atoms with E-state index < -0.39 is 5.41 Å². The molecule has 0 radical (unpaired) electrons. The fraction of sp³-hybridized carbons (Fsp3) is 0.765. The van der Waals surface area contributed by atoms with Gasteiger partial charge in [-0.05, 0) is 26.2 Å². The topological polar surface area (TPSA) is 77.9 Å². The predicted molar refractivity (Wildman–Crippen MR) is 103 cm³/mol. The molecule has 0 spiro atoms. The Morgan fingerprint density at radius 3 is 2.65 bits per heavy atom. The number of hydrogen-bond donors (Lipinski definition) is 1. The van der Waals surface area contributed by atoms with Crippen LogP contribution in [0.5, 0.6) is 0 Å². The summed E-state index contributed by atoms with van der Waals surface area (Å²) in [5.41, 5.74) is -0.533. The number of aromatic nitrogens is 2. The molecule has 1 saturated heterocycles. The van der Waals surface area contributed by atoms with Gasteiger partial charge in [-0.1, -0.05) is 18.9 Å². The fourth-order valence-corrected chi connectivity index (χ4v) is 3.00. The highest BCUT2D eigenvalue weighted by Crippen LogP contribution is 2.24. The van der Waals surface area contributed by atoms with Crippen molar-refractivity contribution in [1.29, 1.82) is 0 Å². The molecule has 0 saturated carbocycles. The highest BCUT2D eigenvalue weighted by Gasteiger charge is 2.27. The second-order valence-corrected chi connectivity index (χ2v) is 7.86. The normalized spacial score (nSPS) is 17.0. The summed E-state index contributed by atoms with van der Waals surface area (Å²) in [6.45, 7) is 14.5. The van der Waals surface area contributed by atoms with Gasteiger partial charge in [-0.25, -0.2) is 4.99 Å². The third-order valence-corrected chi connectivity index (χ3v) is 5.17. The van der Waals surface area contributed by atoms with E-state index >= 15 is 0 Å². The maximum Gasteiger partial charge on any atom is 0.323 e. The van der Waals surface area contributed by atoms with Crippen LogP contribution in [-0.4, -0.2) is 59.9 Å². The van der Waals surface area contributed by atoms with E-state index in [1.54, 1.807) is 11.0 Å². The minimum Gasteiger partial charge on any atom is -0.764 e. The van der Waals surface area contributed by atoms with Crippen molar-refractivity contribution in [3.63, 3.8) is 0 Å². The predicted octanol–water partition coefficient (Wildman–Crippen LogP) is 0.753. The lowest BCUT2D eigenvalue weighted by Gasteiger charge is -2.32. The molecule has 0 bridgehead atoms. The first-order valence-electron chi connectivity index (χ1n) is 9.13. The molecule has 2 rings (SSSR count). The molecule has 0 aromatic carbocycles. The largest absolute Gasteiger partial charge is 0.764 e. The van der Waals surface area contributed by atoms with E-state index in [9.17, 15) is 4.79 Å². The maximum absolute atomic E-state index is 11.8. The highest BCUT2D eigenvalue weighted by atomic mass is 32.1. The lowest BCUT2D eigenvalue weighted by Crippen LogP contribution is -2.65. The van der Waals surface area contributed by atoms with Crippen LogP contribution in [0.3, 0.4) is 0 Å². The third-order valence-electron chi connectivity index (χ3n) is 4.52. The standard InChI is InChI=1S/C17H30N6O2S/c1-6-18-14(24)11-17(4,5)16(26)19-15-12-23(20-25-15)22-9-7-21(8-10-22)13(2)3/h12-13H,6-11H2,1-5H3,(H-,18,19,20,24,26). The van der Waals surface area contributed by atoms with Crippen LogP contribution in [0.25, 0.3) is 0 Å². The molecule has 1 aromatic rings. The van der Waals surface area contributed by atoms with Crippen LogP contribution in [0.15, 0.2) is 15.7 Å². The van der Waals surface area contributed by atoms with Crippen molar-refractivity contribution in [1.82, 2.24) is 15.5 Å². The number of nitrogens with one attached hydrogen (secondary N) is 1. The molecule has 1 N–H and O–H groups in total. The molecule has 1 aliphatic heterocycles. The summed E-state index contributed by atoms with van der Waals surface area (Å²) >= 11 is 5.42. The molecular weight excluding hydrogens is 352 g/mol. The molecule has 1 amide bonds. The lowest BCUT2D eigenvalue weighted by molar-refractivity contribution is -0.759. The number of carbonyl (C=O) groups excluding carboxylic acids is 1. The van der Waals surface area contributed by atoms with E-state index in [0.29, 0.717) is 23.5 Å². The second-order valence-electron chi connectivity index (χ2n) is 7.48. The average Bonchev–Trinajstić information content (AvgIpc) is 3.03. The Balaban J connectivity index is 2.00. The number of rotatable bonds is 7. The van der Waals surface area contributed by atoms with Crippen LogP contribution >= 0.6 is 0 Å². The van der Waals surface area contributed by atoms with E-state index in [1.807, 2.05) is 20.8 Å². The molecular formula is C17H30N6O2S. The molecule has 0 unspecified atom stereocenters. The van der Waals surface area contributed by atoms with E-state index in [-0.39, 0.29) is 12.3 Å². The van der Waals surface area contributed by atoms with Gasteiger partial charge in [0.25, 0.3) is 6.20 Å². The monoisotopic (exact) mass is 382 g/mol. The number of hydrogen-bond acceptors (Lipinski definition) is 7. The summed E-state index contributed by atoms with van der Waals surface area (Å²) < 4.78 is 5.31.